The summed E-state index contributed by atoms with van der Waals surface area (Å²) in [5.41, 5.74) is 3.27. The van der Waals surface area contributed by atoms with Crippen LogP contribution < -0.4 is 5.01 Å². The molecule has 2 unspecified atom stereocenters. The van der Waals surface area contributed by atoms with Gasteiger partial charge in [-0.3, -0.25) is 0 Å². The first kappa shape index (κ1) is 13.7. The summed E-state index contributed by atoms with van der Waals surface area (Å²) in [6, 6.07) is 1.01. The van der Waals surface area contributed by atoms with Gasteiger partial charge in [-0.1, -0.05) is 6.92 Å². The van der Waals surface area contributed by atoms with Crippen molar-refractivity contribution in [2.24, 2.45) is 7.05 Å². The van der Waals surface area contributed by atoms with E-state index in [4.69, 9.17) is 12.2 Å². The first-order valence-electron chi connectivity index (χ1n) is 7.49. The van der Waals surface area contributed by atoms with E-state index in [-0.39, 0.29) is 0 Å². The van der Waals surface area contributed by atoms with Gasteiger partial charge in [0.25, 0.3) is 0 Å². The highest BCUT2D eigenvalue weighted by molar-refractivity contribution is 7.71. The monoisotopic (exact) mass is 293 g/mol. The summed E-state index contributed by atoms with van der Waals surface area (Å²) in [6.07, 6.45) is 4.65. The standard InChI is InChI=1S/C14H23N5S/c1-5-11-12-13(17(4)16-11)19(14(20)15-12)18-9(2)7-6-8-10(18)3/h9-10H,5-8H2,1-4H3,(H,15,20). The first-order valence-corrected chi connectivity index (χ1v) is 7.90. The van der Waals surface area contributed by atoms with E-state index in [9.17, 15) is 0 Å². The number of nitrogens with one attached hydrogen (secondary N) is 1. The maximum Gasteiger partial charge on any atom is 0.198 e. The minimum absolute atomic E-state index is 0.504. The van der Waals surface area contributed by atoms with Gasteiger partial charge < -0.3 is 9.99 Å². The molecular weight excluding hydrogens is 270 g/mol. The Morgan fingerprint density at radius 1 is 1.30 bits per heavy atom. The van der Waals surface area contributed by atoms with Crippen LogP contribution in [0.15, 0.2) is 0 Å². The maximum atomic E-state index is 5.59. The van der Waals surface area contributed by atoms with Crippen molar-refractivity contribution in [2.45, 2.75) is 58.5 Å². The molecule has 1 aliphatic heterocycles. The van der Waals surface area contributed by atoms with E-state index in [1.807, 2.05) is 11.7 Å². The number of hydrogen-bond acceptors (Lipinski definition) is 3. The topological polar surface area (TPSA) is 41.8 Å². The maximum absolute atomic E-state index is 5.59. The summed E-state index contributed by atoms with van der Waals surface area (Å²) < 4.78 is 4.91. The number of piperidine rings is 1. The zero-order valence-corrected chi connectivity index (χ0v) is 13.5. The third kappa shape index (κ3) is 1.89. The molecule has 2 atom stereocenters. The second-order valence-electron chi connectivity index (χ2n) is 5.87. The Hall–Kier alpha value is -1.30. The fraction of sp³-hybridized carbons (Fsp3) is 0.714. The average molecular weight is 293 g/mol. The van der Waals surface area contributed by atoms with Crippen LogP contribution in [0.5, 0.6) is 0 Å². The van der Waals surface area contributed by atoms with Gasteiger partial charge in [0.15, 0.2) is 10.4 Å². The lowest BCUT2D eigenvalue weighted by molar-refractivity contribution is 0.337. The molecule has 0 amide bonds. The molecule has 6 heteroatoms. The van der Waals surface area contributed by atoms with Crippen LogP contribution in [-0.2, 0) is 13.5 Å². The molecule has 0 aromatic carbocycles. The van der Waals surface area contributed by atoms with Crippen LogP contribution in [0.3, 0.4) is 0 Å². The Morgan fingerprint density at radius 3 is 2.55 bits per heavy atom. The molecule has 20 heavy (non-hydrogen) atoms. The highest BCUT2D eigenvalue weighted by Crippen LogP contribution is 2.26. The summed E-state index contributed by atoms with van der Waals surface area (Å²) in [6.45, 7) is 6.70. The SMILES string of the molecule is CCc1nn(C)c2c1[nH]c(=S)n2N1C(C)CCCC1C. The predicted molar refractivity (Wildman–Crippen MR) is 84.3 cm³/mol. The van der Waals surface area contributed by atoms with Gasteiger partial charge in [-0.15, -0.1) is 0 Å². The number of aromatic nitrogens is 4. The van der Waals surface area contributed by atoms with Crippen molar-refractivity contribution in [3.05, 3.63) is 10.5 Å². The van der Waals surface area contributed by atoms with Crippen molar-refractivity contribution in [3.63, 3.8) is 0 Å². The molecule has 2 aromatic heterocycles. The van der Waals surface area contributed by atoms with Crippen LogP contribution in [0.2, 0.25) is 0 Å². The lowest BCUT2D eigenvalue weighted by atomic mass is 10.00. The van der Waals surface area contributed by atoms with Gasteiger partial charge in [-0.25, -0.2) is 9.36 Å². The van der Waals surface area contributed by atoms with Gasteiger partial charge in [-0.2, -0.15) is 5.10 Å². The second-order valence-corrected chi connectivity index (χ2v) is 6.26. The van der Waals surface area contributed by atoms with Crippen molar-refractivity contribution >= 4 is 23.4 Å². The second kappa shape index (κ2) is 4.91. The molecule has 3 rings (SSSR count). The third-order valence-electron chi connectivity index (χ3n) is 4.43. The van der Waals surface area contributed by atoms with Crippen molar-refractivity contribution in [3.8, 4) is 0 Å². The van der Waals surface area contributed by atoms with E-state index in [0.29, 0.717) is 12.1 Å². The Balaban J connectivity index is 2.22. The van der Waals surface area contributed by atoms with Crippen LogP contribution in [-0.4, -0.2) is 31.5 Å². The van der Waals surface area contributed by atoms with Crippen LogP contribution in [0.1, 0.15) is 45.7 Å². The molecule has 0 bridgehead atoms. The highest BCUT2D eigenvalue weighted by atomic mass is 32.1. The zero-order valence-electron chi connectivity index (χ0n) is 12.7. The van der Waals surface area contributed by atoms with Crippen LogP contribution >= 0.6 is 12.2 Å². The summed E-state index contributed by atoms with van der Waals surface area (Å²) in [7, 11) is 2.00. The van der Waals surface area contributed by atoms with E-state index in [1.165, 1.54) is 19.3 Å². The third-order valence-corrected chi connectivity index (χ3v) is 4.70. The fourth-order valence-corrected chi connectivity index (χ4v) is 3.74. The van der Waals surface area contributed by atoms with Gasteiger partial charge in [0.1, 0.15) is 5.52 Å². The van der Waals surface area contributed by atoms with Crippen LogP contribution in [0.4, 0.5) is 0 Å². The Morgan fingerprint density at radius 2 is 1.95 bits per heavy atom. The Bertz CT molecular complexity index is 670. The molecule has 3 heterocycles. The van der Waals surface area contributed by atoms with Gasteiger partial charge in [-0.05, 0) is 51.7 Å². The molecule has 110 valence electrons. The van der Waals surface area contributed by atoms with E-state index in [1.54, 1.807) is 0 Å². The summed E-state index contributed by atoms with van der Waals surface area (Å²) >= 11 is 5.59. The fourth-order valence-electron chi connectivity index (χ4n) is 3.46. The molecule has 1 aliphatic rings. The molecule has 1 N–H and O–H groups in total. The number of hydrogen-bond donors (Lipinski definition) is 1. The number of imidazole rings is 1. The molecule has 1 fully saturated rings. The molecular formula is C14H23N5S. The van der Waals surface area contributed by atoms with Crippen molar-refractivity contribution in [1.29, 1.82) is 0 Å². The Labute approximate surface area is 124 Å². The van der Waals surface area contributed by atoms with Gasteiger partial charge in [0.2, 0.25) is 0 Å². The van der Waals surface area contributed by atoms with E-state index < -0.39 is 0 Å². The largest absolute Gasteiger partial charge is 0.326 e. The number of aromatic amines is 1. The van der Waals surface area contributed by atoms with Crippen molar-refractivity contribution < 1.29 is 0 Å². The van der Waals surface area contributed by atoms with Gasteiger partial charge in [0, 0.05) is 19.1 Å². The lowest BCUT2D eigenvalue weighted by Gasteiger charge is -2.41. The summed E-state index contributed by atoms with van der Waals surface area (Å²) in [5.74, 6) is 0. The Kier molecular flexibility index (Phi) is 3.36. The highest BCUT2D eigenvalue weighted by Gasteiger charge is 2.28. The number of nitrogens with zero attached hydrogens (tertiary/aromatic N) is 4. The molecule has 0 saturated carbocycles. The molecule has 2 aromatic rings. The number of H-pyrrole nitrogens is 1. The van der Waals surface area contributed by atoms with Crippen molar-refractivity contribution in [2.75, 3.05) is 5.01 Å². The average Bonchev–Trinajstić information content (AvgIpc) is 2.88. The minimum Gasteiger partial charge on any atom is -0.326 e. The van der Waals surface area contributed by atoms with Crippen LogP contribution in [0.25, 0.3) is 11.2 Å². The first-order chi connectivity index (χ1) is 9.54. The number of fused-ring (bicyclic) bond motifs is 1. The number of rotatable bonds is 2. The number of aryl methyl sites for hydroxylation is 2. The van der Waals surface area contributed by atoms with Gasteiger partial charge >= 0.3 is 0 Å². The van der Waals surface area contributed by atoms with Gasteiger partial charge in [0.05, 0.1) is 5.69 Å². The molecule has 0 spiro atoms. The molecule has 0 radical (unpaired) electrons. The summed E-state index contributed by atoms with van der Waals surface area (Å²) in [4.78, 5) is 3.36. The smallest absolute Gasteiger partial charge is 0.198 e. The molecule has 0 aliphatic carbocycles. The summed E-state index contributed by atoms with van der Waals surface area (Å²) in [5, 5.41) is 7.03. The predicted octanol–water partition coefficient (Wildman–Crippen LogP) is 2.89. The van der Waals surface area contributed by atoms with E-state index in [2.05, 4.69) is 40.5 Å². The zero-order chi connectivity index (χ0) is 14.4. The quantitative estimate of drug-likeness (QED) is 0.866. The molecule has 1 saturated heterocycles. The molecule has 5 nitrogen and oxygen atoms in total. The van der Waals surface area contributed by atoms with E-state index >= 15 is 0 Å². The lowest BCUT2D eigenvalue weighted by Crippen LogP contribution is -2.51. The minimum atomic E-state index is 0.504. The normalized spacial score (nSPS) is 23.7. The van der Waals surface area contributed by atoms with E-state index in [0.717, 1.165) is 28.0 Å². The van der Waals surface area contributed by atoms with Crippen molar-refractivity contribution in [1.82, 2.24) is 19.4 Å². The van der Waals surface area contributed by atoms with Crippen LogP contribution in [0, 0.1) is 4.77 Å².